The van der Waals surface area contributed by atoms with Crippen molar-refractivity contribution in [2.75, 3.05) is 24.5 Å². The van der Waals surface area contributed by atoms with Crippen LogP contribution in [-0.2, 0) is 6.54 Å². The number of anilines is 1. The lowest BCUT2D eigenvalue weighted by atomic mass is 10.0. The molecule has 0 radical (unpaired) electrons. The second-order valence-electron chi connectivity index (χ2n) is 8.99. The van der Waals surface area contributed by atoms with E-state index in [1.807, 2.05) is 53.3 Å². The van der Waals surface area contributed by atoms with Gasteiger partial charge in [0.05, 0.1) is 18.1 Å². The molecule has 1 fully saturated rings. The molecule has 5 rings (SSSR count). The first kappa shape index (κ1) is 23.4. The van der Waals surface area contributed by atoms with E-state index in [9.17, 15) is 4.79 Å². The molecule has 1 N–H and O–H groups in total. The minimum atomic E-state index is -0.0930. The summed E-state index contributed by atoms with van der Waals surface area (Å²) in [5, 5.41) is 9.75. The largest absolute Gasteiger partial charge is 0.356 e. The molecule has 0 spiro atoms. The van der Waals surface area contributed by atoms with Crippen molar-refractivity contribution in [1.29, 1.82) is 0 Å². The number of nitrogens with zero attached hydrogens (tertiary/aromatic N) is 5. The van der Waals surface area contributed by atoms with Crippen LogP contribution in [0.2, 0.25) is 0 Å². The molecule has 0 unspecified atom stereocenters. The minimum absolute atomic E-state index is 0.0930. The normalized spacial score (nSPS) is 13.6. The summed E-state index contributed by atoms with van der Waals surface area (Å²) < 4.78 is 1.87. The molecule has 1 saturated heterocycles. The van der Waals surface area contributed by atoms with Crippen molar-refractivity contribution in [2.45, 2.75) is 43.6 Å². The number of rotatable bonds is 8. The molecule has 2 aromatic carbocycles. The van der Waals surface area contributed by atoms with E-state index < -0.39 is 0 Å². The van der Waals surface area contributed by atoms with Gasteiger partial charge < -0.3 is 10.2 Å². The Hall–Kier alpha value is -3.39. The monoisotopic (exact) mass is 486 g/mol. The first-order valence-electron chi connectivity index (χ1n) is 12.2. The van der Waals surface area contributed by atoms with E-state index in [1.165, 1.54) is 12.8 Å². The van der Waals surface area contributed by atoms with Crippen molar-refractivity contribution in [2.24, 2.45) is 0 Å². The average molecular weight is 487 g/mol. The van der Waals surface area contributed by atoms with E-state index in [0.717, 1.165) is 46.2 Å². The second-order valence-corrected chi connectivity index (χ2v) is 10.5. The van der Waals surface area contributed by atoms with E-state index in [-0.39, 0.29) is 5.91 Å². The molecule has 0 atom stereocenters. The Morgan fingerprint density at radius 2 is 1.71 bits per heavy atom. The van der Waals surface area contributed by atoms with Crippen LogP contribution in [0.25, 0.3) is 22.2 Å². The third kappa shape index (κ3) is 5.32. The maximum absolute atomic E-state index is 12.7. The zero-order valence-corrected chi connectivity index (χ0v) is 21.0. The van der Waals surface area contributed by atoms with Crippen molar-refractivity contribution in [3.63, 3.8) is 0 Å². The highest BCUT2D eigenvalue weighted by atomic mass is 32.2. The summed E-state index contributed by atoms with van der Waals surface area (Å²) >= 11 is 1.66. The van der Waals surface area contributed by atoms with E-state index in [2.05, 4.69) is 41.3 Å². The number of carbonyl (C=O) groups excluding carboxylic acids is 1. The van der Waals surface area contributed by atoms with Gasteiger partial charge in [-0.3, -0.25) is 4.79 Å². The van der Waals surface area contributed by atoms with Crippen LogP contribution in [0.4, 0.5) is 5.82 Å². The summed E-state index contributed by atoms with van der Waals surface area (Å²) in [6.45, 7) is 7.33. The zero-order valence-electron chi connectivity index (χ0n) is 20.1. The fraction of sp³-hybridized carbons (Fsp3) is 0.333. The molecule has 2 aromatic heterocycles. The summed E-state index contributed by atoms with van der Waals surface area (Å²) in [5.74, 6) is 0.883. The van der Waals surface area contributed by atoms with E-state index in [4.69, 9.17) is 9.97 Å². The number of hydrogen-bond acceptors (Lipinski definition) is 6. The Labute approximate surface area is 210 Å². The maximum Gasteiger partial charge on any atom is 0.251 e. The quantitative estimate of drug-likeness (QED) is 0.278. The van der Waals surface area contributed by atoms with Crippen LogP contribution >= 0.6 is 11.8 Å². The third-order valence-electron chi connectivity index (χ3n) is 6.07. The van der Waals surface area contributed by atoms with E-state index in [1.54, 1.807) is 11.8 Å². The van der Waals surface area contributed by atoms with Gasteiger partial charge in [-0.05, 0) is 36.1 Å². The van der Waals surface area contributed by atoms with Crippen LogP contribution in [0.3, 0.4) is 0 Å². The molecular formula is C27H30N6OS. The van der Waals surface area contributed by atoms with Gasteiger partial charge in [0.2, 0.25) is 0 Å². The number of fused-ring (bicyclic) bond motifs is 1. The molecule has 1 amide bonds. The van der Waals surface area contributed by atoms with Crippen molar-refractivity contribution in [3.05, 3.63) is 66.4 Å². The van der Waals surface area contributed by atoms with Gasteiger partial charge >= 0.3 is 0 Å². The topological polar surface area (TPSA) is 75.9 Å². The smallest absolute Gasteiger partial charge is 0.251 e. The molecule has 180 valence electrons. The lowest BCUT2D eigenvalue weighted by Crippen LogP contribution is -2.27. The summed E-state index contributed by atoms with van der Waals surface area (Å²) in [5.41, 5.74) is 3.69. The third-order valence-corrected chi connectivity index (χ3v) is 6.93. The van der Waals surface area contributed by atoms with Crippen molar-refractivity contribution < 1.29 is 4.79 Å². The first-order valence-corrected chi connectivity index (χ1v) is 13.1. The Morgan fingerprint density at radius 3 is 2.43 bits per heavy atom. The summed E-state index contributed by atoms with van der Waals surface area (Å²) in [4.78, 5) is 24.7. The predicted octanol–water partition coefficient (Wildman–Crippen LogP) is 5.02. The Bertz CT molecular complexity index is 1300. The summed E-state index contributed by atoms with van der Waals surface area (Å²) in [7, 11) is 0. The summed E-state index contributed by atoms with van der Waals surface area (Å²) in [6.07, 6.45) is 4.23. The minimum Gasteiger partial charge on any atom is -0.356 e. The number of benzene rings is 2. The molecule has 0 aliphatic carbocycles. The van der Waals surface area contributed by atoms with Gasteiger partial charge in [-0.15, -0.1) is 0 Å². The highest BCUT2D eigenvalue weighted by molar-refractivity contribution is 7.99. The highest BCUT2D eigenvalue weighted by Crippen LogP contribution is 2.30. The molecule has 3 heterocycles. The highest BCUT2D eigenvalue weighted by Gasteiger charge is 2.21. The number of thioether (sulfide) groups is 1. The van der Waals surface area contributed by atoms with Crippen LogP contribution < -0.4 is 10.2 Å². The maximum atomic E-state index is 12.7. The SMILES string of the molecule is CC(C)Sc1nc(N2CCCC2)c2cnn(CCNC(=O)c3ccc(-c4ccccc4)cc3)c2n1. The number of amides is 1. The number of hydrogen-bond donors (Lipinski definition) is 1. The van der Waals surface area contributed by atoms with Crippen LogP contribution in [0.5, 0.6) is 0 Å². The fourth-order valence-electron chi connectivity index (χ4n) is 4.34. The van der Waals surface area contributed by atoms with Gasteiger partial charge in [0, 0.05) is 30.4 Å². The molecule has 4 aromatic rings. The molecule has 35 heavy (non-hydrogen) atoms. The molecular weight excluding hydrogens is 456 g/mol. The van der Waals surface area contributed by atoms with Gasteiger partial charge in [-0.1, -0.05) is 68.1 Å². The average Bonchev–Trinajstić information content (AvgIpc) is 3.55. The van der Waals surface area contributed by atoms with Crippen molar-refractivity contribution in [1.82, 2.24) is 25.1 Å². The van der Waals surface area contributed by atoms with Gasteiger partial charge in [-0.25, -0.2) is 14.6 Å². The van der Waals surface area contributed by atoms with Crippen molar-refractivity contribution in [3.8, 4) is 11.1 Å². The molecule has 0 bridgehead atoms. The molecule has 1 aliphatic heterocycles. The number of nitrogens with one attached hydrogen (secondary N) is 1. The number of carbonyl (C=O) groups is 1. The molecule has 8 heteroatoms. The van der Waals surface area contributed by atoms with Crippen LogP contribution in [0.15, 0.2) is 66.0 Å². The standard InChI is InChI=1S/C27H30N6OS/c1-19(2)35-27-30-24(32-15-6-7-16-32)23-18-29-33(25(23)31-27)17-14-28-26(34)22-12-10-21(11-13-22)20-8-4-3-5-9-20/h3-5,8-13,18-19H,6-7,14-17H2,1-2H3,(H,28,34). The van der Waals surface area contributed by atoms with Crippen LogP contribution in [0.1, 0.15) is 37.0 Å². The van der Waals surface area contributed by atoms with E-state index in [0.29, 0.717) is 23.9 Å². The van der Waals surface area contributed by atoms with Gasteiger partial charge in [-0.2, -0.15) is 5.10 Å². The van der Waals surface area contributed by atoms with Gasteiger partial charge in [0.1, 0.15) is 5.82 Å². The van der Waals surface area contributed by atoms with E-state index >= 15 is 0 Å². The number of aromatic nitrogens is 4. The first-order chi connectivity index (χ1) is 17.1. The molecule has 0 saturated carbocycles. The lowest BCUT2D eigenvalue weighted by molar-refractivity contribution is 0.0952. The Morgan fingerprint density at radius 1 is 1.00 bits per heavy atom. The van der Waals surface area contributed by atoms with Crippen LogP contribution in [0, 0.1) is 0 Å². The Kier molecular flexibility index (Phi) is 6.99. The van der Waals surface area contributed by atoms with Gasteiger partial charge in [0.15, 0.2) is 10.8 Å². The Balaban J connectivity index is 1.28. The van der Waals surface area contributed by atoms with Gasteiger partial charge in [0.25, 0.3) is 5.91 Å². The summed E-state index contributed by atoms with van der Waals surface area (Å²) in [6, 6.07) is 17.8. The lowest BCUT2D eigenvalue weighted by Gasteiger charge is -2.18. The molecule has 7 nitrogen and oxygen atoms in total. The fourth-order valence-corrected chi connectivity index (χ4v) is 5.04. The van der Waals surface area contributed by atoms with Crippen LogP contribution in [-0.4, -0.2) is 50.5 Å². The second kappa shape index (κ2) is 10.5. The van der Waals surface area contributed by atoms with Crippen molar-refractivity contribution >= 4 is 34.5 Å². The molecule has 1 aliphatic rings. The predicted molar refractivity (Wildman–Crippen MR) is 142 cm³/mol. The zero-order chi connectivity index (χ0) is 24.2.